The maximum absolute atomic E-state index is 13.4. The van der Waals surface area contributed by atoms with Crippen LogP contribution >= 0.6 is 0 Å². The number of halogens is 1. The zero-order chi connectivity index (χ0) is 21.5. The number of nitrogens with zero attached hydrogens (tertiary/aromatic N) is 3. The smallest absolute Gasteiger partial charge is 0.137 e. The summed E-state index contributed by atoms with van der Waals surface area (Å²) in [5, 5.41) is 1.95. The van der Waals surface area contributed by atoms with Crippen LogP contribution in [0.2, 0.25) is 0 Å². The van der Waals surface area contributed by atoms with Crippen molar-refractivity contribution in [3.05, 3.63) is 96.2 Å². The first-order valence-corrected chi connectivity index (χ1v) is 11.4. The van der Waals surface area contributed by atoms with Gasteiger partial charge in [-0.2, -0.15) is 0 Å². The predicted octanol–water partition coefficient (Wildman–Crippen LogP) is 4.41. The molecule has 2 atom stereocenters. The van der Waals surface area contributed by atoms with Gasteiger partial charge in [0.05, 0.1) is 17.9 Å². The fourth-order valence-electron chi connectivity index (χ4n) is 3.93. The highest BCUT2D eigenvalue weighted by Crippen LogP contribution is 2.35. The highest BCUT2D eigenvalue weighted by molar-refractivity contribution is 7.84. The first kappa shape index (κ1) is 19.7. The highest BCUT2D eigenvalue weighted by atomic mass is 32.2. The van der Waals surface area contributed by atoms with Crippen LogP contribution in [0.5, 0.6) is 0 Å². The summed E-state index contributed by atoms with van der Waals surface area (Å²) in [7, 11) is 0.964. The molecule has 3 heterocycles. The minimum absolute atomic E-state index is 0.0282. The first-order chi connectivity index (χ1) is 15.0. The summed E-state index contributed by atoms with van der Waals surface area (Å²) in [6, 6.07) is 18.3. The first-order valence-electron chi connectivity index (χ1n) is 9.87. The maximum atomic E-state index is 13.4. The zero-order valence-corrected chi connectivity index (χ0v) is 17.9. The van der Waals surface area contributed by atoms with Gasteiger partial charge in [-0.25, -0.2) is 14.8 Å². The minimum atomic E-state index is -1.00. The second-order valence-corrected chi connectivity index (χ2v) is 8.96. The summed E-state index contributed by atoms with van der Waals surface area (Å²) >= 11 is 0. The number of hydrogen-bond acceptors (Lipinski definition) is 4. The third-order valence-electron chi connectivity index (χ3n) is 5.50. The molecule has 0 aliphatic carbocycles. The molecular formula is C24H21FN4OS. The number of fused-ring (bicyclic) bond motifs is 1. The van der Waals surface area contributed by atoms with Gasteiger partial charge in [-0.1, -0.05) is 12.1 Å². The van der Waals surface area contributed by atoms with Crippen molar-refractivity contribution in [1.82, 2.24) is 19.8 Å². The van der Waals surface area contributed by atoms with Gasteiger partial charge in [0, 0.05) is 52.5 Å². The minimum Gasteiger partial charge on any atom is -0.317 e. The lowest BCUT2D eigenvalue weighted by Gasteiger charge is -2.18. The third kappa shape index (κ3) is 3.66. The summed E-state index contributed by atoms with van der Waals surface area (Å²) in [6.45, 7) is 0. The zero-order valence-electron chi connectivity index (χ0n) is 17.1. The monoisotopic (exact) mass is 432 g/mol. The number of benzene rings is 2. The van der Waals surface area contributed by atoms with Gasteiger partial charge >= 0.3 is 0 Å². The Balaban J connectivity index is 1.55. The van der Waals surface area contributed by atoms with E-state index in [-0.39, 0.29) is 11.9 Å². The summed E-state index contributed by atoms with van der Waals surface area (Å²) in [6.07, 6.45) is 7.63. The molecule has 2 unspecified atom stereocenters. The van der Waals surface area contributed by atoms with Crippen molar-refractivity contribution < 1.29 is 8.60 Å². The molecule has 2 aromatic carbocycles. The van der Waals surface area contributed by atoms with Crippen LogP contribution < -0.4 is 5.43 Å². The van der Waals surface area contributed by atoms with Gasteiger partial charge in [0.15, 0.2) is 0 Å². The molecule has 0 amide bonds. The highest BCUT2D eigenvalue weighted by Gasteiger charge is 2.25. The van der Waals surface area contributed by atoms with Crippen LogP contribution in [-0.4, -0.2) is 31.9 Å². The van der Waals surface area contributed by atoms with E-state index in [1.54, 1.807) is 24.6 Å². The van der Waals surface area contributed by atoms with Crippen LogP contribution in [0.25, 0.3) is 22.5 Å². The SMILES string of the molecule is CN1C=C(c2ccc3ncc(-c4ccc(F)cc4)n3c2)C(c2ccc(S(C)=O)cc2)N1. The Labute approximate surface area is 182 Å². The molecule has 0 radical (unpaired) electrons. The van der Waals surface area contributed by atoms with E-state index in [4.69, 9.17) is 0 Å². The lowest BCUT2D eigenvalue weighted by atomic mass is 9.96. The molecule has 2 aromatic heterocycles. The Hall–Kier alpha value is -3.29. The fraction of sp³-hybridized carbons (Fsp3) is 0.125. The van der Waals surface area contributed by atoms with Crippen LogP contribution in [0.15, 0.2) is 84.2 Å². The van der Waals surface area contributed by atoms with E-state index in [0.29, 0.717) is 0 Å². The molecular weight excluding hydrogens is 411 g/mol. The lowest BCUT2D eigenvalue weighted by molar-refractivity contribution is 0.334. The van der Waals surface area contributed by atoms with E-state index in [9.17, 15) is 8.60 Å². The maximum Gasteiger partial charge on any atom is 0.137 e. The molecule has 0 spiro atoms. The quantitative estimate of drug-likeness (QED) is 0.519. The van der Waals surface area contributed by atoms with Gasteiger partial charge in [0.2, 0.25) is 0 Å². The van der Waals surface area contributed by atoms with Crippen LogP contribution in [0.3, 0.4) is 0 Å². The summed E-state index contributed by atoms with van der Waals surface area (Å²) < 4.78 is 27.1. The number of hydrogen-bond donors (Lipinski definition) is 1. The Morgan fingerprint density at radius 2 is 1.71 bits per heavy atom. The number of nitrogens with one attached hydrogen (secondary N) is 1. The number of rotatable bonds is 4. The number of imidazole rings is 1. The molecule has 31 heavy (non-hydrogen) atoms. The Bertz CT molecular complexity index is 1310. The molecule has 1 aliphatic rings. The average molecular weight is 433 g/mol. The molecule has 0 saturated carbocycles. The van der Waals surface area contributed by atoms with E-state index in [1.807, 2.05) is 46.8 Å². The van der Waals surface area contributed by atoms with Crippen LogP contribution in [0.4, 0.5) is 4.39 Å². The van der Waals surface area contributed by atoms with Gasteiger partial charge in [-0.05, 0) is 59.7 Å². The Kier molecular flexibility index (Phi) is 4.92. The van der Waals surface area contributed by atoms with Gasteiger partial charge < -0.3 is 5.01 Å². The van der Waals surface area contributed by atoms with Crippen LogP contribution in [0, 0.1) is 5.82 Å². The molecule has 4 aromatic rings. The van der Waals surface area contributed by atoms with Crippen molar-refractivity contribution in [2.75, 3.05) is 13.3 Å². The van der Waals surface area contributed by atoms with Gasteiger partial charge in [-0.15, -0.1) is 0 Å². The van der Waals surface area contributed by atoms with Crippen molar-refractivity contribution in [1.29, 1.82) is 0 Å². The lowest BCUT2D eigenvalue weighted by Crippen LogP contribution is -2.27. The summed E-state index contributed by atoms with van der Waals surface area (Å²) in [5.41, 5.74) is 9.36. The normalized spacial score (nSPS) is 17.2. The molecule has 156 valence electrons. The number of aromatic nitrogens is 2. The van der Waals surface area contributed by atoms with Gasteiger partial charge in [0.1, 0.15) is 11.5 Å². The van der Waals surface area contributed by atoms with Crippen molar-refractivity contribution in [3.8, 4) is 11.3 Å². The van der Waals surface area contributed by atoms with Crippen LogP contribution in [0.1, 0.15) is 17.2 Å². The molecule has 5 rings (SSSR count). The number of pyridine rings is 1. The summed E-state index contributed by atoms with van der Waals surface area (Å²) in [4.78, 5) is 5.31. The topological polar surface area (TPSA) is 49.6 Å². The predicted molar refractivity (Wildman–Crippen MR) is 121 cm³/mol. The van der Waals surface area contributed by atoms with Crippen molar-refractivity contribution in [2.45, 2.75) is 10.9 Å². The molecule has 1 N–H and O–H groups in total. The van der Waals surface area contributed by atoms with Crippen molar-refractivity contribution in [2.24, 2.45) is 0 Å². The van der Waals surface area contributed by atoms with Gasteiger partial charge in [-0.3, -0.25) is 8.61 Å². The Morgan fingerprint density at radius 3 is 2.42 bits per heavy atom. The molecule has 7 heteroatoms. The average Bonchev–Trinajstić information content (AvgIpc) is 3.37. The summed E-state index contributed by atoms with van der Waals surface area (Å²) in [5.74, 6) is -0.260. The Morgan fingerprint density at radius 1 is 1.00 bits per heavy atom. The largest absolute Gasteiger partial charge is 0.317 e. The van der Waals surface area contributed by atoms with E-state index >= 15 is 0 Å². The molecule has 1 aliphatic heterocycles. The standard InChI is InChI=1S/C24H21FN4OS/c1-28-15-21(24(27-28)17-5-10-20(11-6-17)31(2)30)18-7-12-23-26-13-22(29(23)14-18)16-3-8-19(25)9-4-16/h3-15,24,27H,1-2H3. The fourth-order valence-corrected chi connectivity index (χ4v) is 4.45. The van der Waals surface area contributed by atoms with E-state index in [2.05, 4.69) is 28.9 Å². The van der Waals surface area contributed by atoms with Crippen molar-refractivity contribution >= 4 is 22.0 Å². The van der Waals surface area contributed by atoms with Crippen molar-refractivity contribution in [3.63, 3.8) is 0 Å². The molecule has 5 nitrogen and oxygen atoms in total. The van der Waals surface area contributed by atoms with E-state index in [1.165, 1.54) is 12.1 Å². The van der Waals surface area contributed by atoms with Gasteiger partial charge in [0.25, 0.3) is 0 Å². The van der Waals surface area contributed by atoms with E-state index in [0.717, 1.165) is 38.5 Å². The molecule has 0 bridgehead atoms. The second kappa shape index (κ2) is 7.76. The number of hydrazine groups is 1. The molecule has 0 fully saturated rings. The molecule has 0 saturated heterocycles. The third-order valence-corrected chi connectivity index (χ3v) is 6.44. The van der Waals surface area contributed by atoms with E-state index < -0.39 is 10.8 Å². The van der Waals surface area contributed by atoms with Crippen LogP contribution in [-0.2, 0) is 10.8 Å². The second-order valence-electron chi connectivity index (χ2n) is 7.58.